The van der Waals surface area contributed by atoms with E-state index in [1.165, 1.54) is 17.0 Å². The average Bonchev–Trinajstić information content (AvgIpc) is 3.11. The van der Waals surface area contributed by atoms with Crippen molar-refractivity contribution in [3.63, 3.8) is 0 Å². The lowest BCUT2D eigenvalue weighted by atomic mass is 9.97. The quantitative estimate of drug-likeness (QED) is 0.587. The van der Waals surface area contributed by atoms with Gasteiger partial charge in [-0.3, -0.25) is 4.68 Å². The first-order valence-corrected chi connectivity index (χ1v) is 9.04. The van der Waals surface area contributed by atoms with Crippen LogP contribution in [0.2, 0.25) is 0 Å². The summed E-state index contributed by atoms with van der Waals surface area (Å²) in [6.45, 7) is 0.712. The van der Waals surface area contributed by atoms with Crippen molar-refractivity contribution in [1.29, 1.82) is 0 Å². The molecule has 1 spiro atoms. The Hall–Kier alpha value is -3.62. The van der Waals surface area contributed by atoms with Crippen LogP contribution in [0, 0.1) is 0 Å². The maximum atomic E-state index is 12.2. The fraction of sp³-hybridized carbons (Fsp3) is 0.263. The van der Waals surface area contributed by atoms with Crippen molar-refractivity contribution in [3.8, 4) is 23.2 Å². The second kappa shape index (κ2) is 5.22. The molecule has 1 N–H and O–H groups in total. The van der Waals surface area contributed by atoms with Crippen LogP contribution in [0.1, 0.15) is 18.4 Å². The van der Waals surface area contributed by atoms with Crippen LogP contribution < -0.4 is 15.2 Å². The molecule has 0 unspecified atom stereocenters. The number of imidazole rings is 1. The molecule has 1 aliphatic heterocycles. The number of ether oxygens (including phenoxy) is 2. The Labute approximate surface area is 158 Å². The lowest BCUT2D eigenvalue weighted by Gasteiger charge is -2.12. The lowest BCUT2D eigenvalue weighted by Crippen LogP contribution is -2.17. The number of fused-ring (bicyclic) bond motifs is 3. The van der Waals surface area contributed by atoms with Crippen molar-refractivity contribution in [2.24, 2.45) is 7.05 Å². The normalized spacial score (nSPS) is 16.3. The molecule has 9 nitrogen and oxygen atoms in total. The van der Waals surface area contributed by atoms with E-state index in [4.69, 9.17) is 9.47 Å². The first-order chi connectivity index (χ1) is 13.6. The van der Waals surface area contributed by atoms with Gasteiger partial charge in [0.15, 0.2) is 11.5 Å². The number of nitrogens with one attached hydrogen (secondary N) is 1. The van der Waals surface area contributed by atoms with Gasteiger partial charge >= 0.3 is 5.69 Å². The number of benzene rings is 1. The highest BCUT2D eigenvalue weighted by atomic mass is 16.5. The molecule has 2 aliphatic rings. The first-order valence-electron chi connectivity index (χ1n) is 9.04. The van der Waals surface area contributed by atoms with Crippen LogP contribution in [0.4, 0.5) is 0 Å². The van der Waals surface area contributed by atoms with Crippen LogP contribution >= 0.6 is 0 Å². The summed E-state index contributed by atoms with van der Waals surface area (Å²) in [6, 6.07) is 5.81. The lowest BCUT2D eigenvalue weighted by molar-refractivity contribution is 0.323. The number of hydrogen-bond acceptors (Lipinski definition) is 6. The molecular weight excluding hydrogens is 360 g/mol. The van der Waals surface area contributed by atoms with Gasteiger partial charge in [0, 0.05) is 18.0 Å². The molecule has 0 atom stereocenters. The fourth-order valence-electron chi connectivity index (χ4n) is 3.87. The fourth-order valence-corrected chi connectivity index (χ4v) is 3.87. The number of H-pyrrole nitrogens is 1. The van der Waals surface area contributed by atoms with E-state index in [9.17, 15) is 4.79 Å². The Bertz CT molecular complexity index is 1280. The molecule has 4 aromatic rings. The predicted octanol–water partition coefficient (Wildman–Crippen LogP) is 2.06. The largest absolute Gasteiger partial charge is 0.492 e. The molecule has 4 heterocycles. The third kappa shape index (κ3) is 2.13. The standard InChI is InChI=1S/C19H16N6O3/c1-24-9-11-17(23-24)25(18(26)22-11)14-7-21-15(8-20-14)28-13-4-2-3-12-16(13)19(5-6-19)10-27-12/h2-4,7-9H,5-6,10H2,1H3,(H,22,26). The van der Waals surface area contributed by atoms with Crippen molar-refractivity contribution in [2.45, 2.75) is 18.3 Å². The molecular formula is C19H16N6O3. The zero-order valence-electron chi connectivity index (χ0n) is 15.0. The SMILES string of the molecule is Cn1cc2[nH]c(=O)n(-c3cnc(Oc4cccc5c4C4(CC4)CO5)cn3)c2n1. The maximum Gasteiger partial charge on any atom is 0.333 e. The summed E-state index contributed by atoms with van der Waals surface area (Å²) in [5.74, 6) is 2.37. The number of aryl methyl sites for hydroxylation is 1. The van der Waals surface area contributed by atoms with Gasteiger partial charge in [0.05, 0.1) is 25.2 Å². The number of nitrogens with zero attached hydrogens (tertiary/aromatic N) is 5. The van der Waals surface area contributed by atoms with E-state index in [0.717, 1.165) is 29.9 Å². The summed E-state index contributed by atoms with van der Waals surface area (Å²) < 4.78 is 14.9. The molecule has 1 aromatic carbocycles. The monoisotopic (exact) mass is 376 g/mol. The number of hydrogen-bond donors (Lipinski definition) is 1. The van der Waals surface area contributed by atoms with Gasteiger partial charge in [-0.2, -0.15) is 5.10 Å². The summed E-state index contributed by atoms with van der Waals surface area (Å²) >= 11 is 0. The third-order valence-corrected chi connectivity index (χ3v) is 5.40. The van der Waals surface area contributed by atoms with E-state index in [1.807, 2.05) is 18.2 Å². The smallest absolute Gasteiger partial charge is 0.333 e. The Kier molecular flexibility index (Phi) is 2.88. The molecule has 0 radical (unpaired) electrons. The molecule has 0 bridgehead atoms. The van der Waals surface area contributed by atoms with Crippen LogP contribution in [0.5, 0.6) is 17.4 Å². The van der Waals surface area contributed by atoms with E-state index in [1.54, 1.807) is 17.9 Å². The van der Waals surface area contributed by atoms with Gasteiger partial charge in [-0.1, -0.05) is 6.07 Å². The Morgan fingerprint density at radius 1 is 1.25 bits per heavy atom. The molecule has 1 saturated carbocycles. The number of rotatable bonds is 3. The minimum Gasteiger partial charge on any atom is -0.492 e. The topological polar surface area (TPSA) is 99.9 Å². The van der Waals surface area contributed by atoms with Gasteiger partial charge < -0.3 is 14.5 Å². The van der Waals surface area contributed by atoms with Crippen LogP contribution in [0.3, 0.4) is 0 Å². The molecule has 0 amide bonds. The van der Waals surface area contributed by atoms with Gasteiger partial charge in [-0.05, 0) is 25.0 Å². The zero-order chi connectivity index (χ0) is 18.9. The first kappa shape index (κ1) is 15.4. The Morgan fingerprint density at radius 2 is 2.14 bits per heavy atom. The van der Waals surface area contributed by atoms with Gasteiger partial charge in [0.2, 0.25) is 5.88 Å². The van der Waals surface area contributed by atoms with Crippen molar-refractivity contribution in [3.05, 3.63) is 52.8 Å². The minimum absolute atomic E-state index is 0.0995. The van der Waals surface area contributed by atoms with Crippen molar-refractivity contribution >= 4 is 11.2 Å². The van der Waals surface area contributed by atoms with Gasteiger partial charge in [-0.15, -0.1) is 0 Å². The Morgan fingerprint density at radius 3 is 2.93 bits per heavy atom. The number of aromatic amines is 1. The van der Waals surface area contributed by atoms with Crippen molar-refractivity contribution in [1.82, 2.24) is 29.3 Å². The highest BCUT2D eigenvalue weighted by Gasteiger charge is 2.52. The van der Waals surface area contributed by atoms with E-state index < -0.39 is 0 Å². The summed E-state index contributed by atoms with van der Waals surface area (Å²) in [4.78, 5) is 23.7. The molecule has 1 aliphatic carbocycles. The highest BCUT2D eigenvalue weighted by Crippen LogP contribution is 2.58. The highest BCUT2D eigenvalue weighted by molar-refractivity contribution is 5.71. The number of aromatic nitrogens is 6. The average molecular weight is 376 g/mol. The van der Waals surface area contributed by atoms with Crippen molar-refractivity contribution in [2.75, 3.05) is 6.61 Å². The molecule has 3 aromatic heterocycles. The summed E-state index contributed by atoms with van der Waals surface area (Å²) in [7, 11) is 1.79. The van der Waals surface area contributed by atoms with E-state index >= 15 is 0 Å². The molecule has 6 rings (SSSR count). The maximum absolute atomic E-state index is 12.2. The Balaban J connectivity index is 1.35. The third-order valence-electron chi connectivity index (χ3n) is 5.40. The van der Waals surface area contributed by atoms with E-state index in [2.05, 4.69) is 20.1 Å². The van der Waals surface area contributed by atoms with E-state index in [-0.39, 0.29) is 11.1 Å². The van der Waals surface area contributed by atoms with Gasteiger partial charge in [-0.25, -0.2) is 19.3 Å². The zero-order valence-corrected chi connectivity index (χ0v) is 15.0. The second-order valence-electron chi connectivity index (χ2n) is 7.32. The molecule has 140 valence electrons. The molecule has 0 saturated heterocycles. The van der Waals surface area contributed by atoms with E-state index in [0.29, 0.717) is 29.5 Å². The van der Waals surface area contributed by atoms with Crippen LogP contribution in [-0.4, -0.2) is 35.9 Å². The van der Waals surface area contributed by atoms with Gasteiger partial charge in [0.25, 0.3) is 0 Å². The molecule has 1 fully saturated rings. The molecule has 28 heavy (non-hydrogen) atoms. The summed E-state index contributed by atoms with van der Waals surface area (Å²) in [5.41, 5.74) is 2.06. The van der Waals surface area contributed by atoms with Crippen LogP contribution in [-0.2, 0) is 12.5 Å². The van der Waals surface area contributed by atoms with Gasteiger partial charge in [0.1, 0.15) is 17.0 Å². The molecule has 9 heteroatoms. The van der Waals surface area contributed by atoms with Crippen molar-refractivity contribution < 1.29 is 9.47 Å². The van der Waals surface area contributed by atoms with Crippen LogP contribution in [0.25, 0.3) is 17.0 Å². The predicted molar refractivity (Wildman–Crippen MR) is 99.2 cm³/mol. The van der Waals surface area contributed by atoms with Crippen LogP contribution in [0.15, 0.2) is 41.6 Å². The summed E-state index contributed by atoms with van der Waals surface area (Å²) in [6.07, 6.45) is 6.98. The summed E-state index contributed by atoms with van der Waals surface area (Å²) in [5, 5.41) is 4.30. The minimum atomic E-state index is -0.310. The second-order valence-corrected chi connectivity index (χ2v) is 7.32.